The molecule has 0 unspecified atom stereocenters. The van der Waals surface area contributed by atoms with Crippen molar-refractivity contribution in [3.63, 3.8) is 0 Å². The number of nitrogens with zero attached hydrogens (tertiary/aromatic N) is 2. The summed E-state index contributed by atoms with van der Waals surface area (Å²) >= 11 is 0. The second kappa shape index (κ2) is 5.71. The predicted octanol–water partition coefficient (Wildman–Crippen LogP) is 2.18. The fourth-order valence-electron chi connectivity index (χ4n) is 3.38. The smallest absolute Gasteiger partial charge is 0.0330 e. The lowest BCUT2D eigenvalue weighted by atomic mass is 9.75. The molecule has 0 aromatic rings. The Bertz CT molecular complexity index is 290. The number of likely N-dealkylation sites (N-methyl/N-ethyl adjacent to an activating group) is 2. The van der Waals surface area contributed by atoms with Crippen LogP contribution in [0.2, 0.25) is 0 Å². The van der Waals surface area contributed by atoms with Crippen molar-refractivity contribution in [1.29, 1.82) is 0 Å². The van der Waals surface area contributed by atoms with E-state index in [9.17, 15) is 0 Å². The normalized spacial score (nSPS) is 22.9. The van der Waals surface area contributed by atoms with Gasteiger partial charge in [-0.05, 0) is 58.7 Å². The standard InChI is InChI=1S/C16H33N3/c1-15(2,11-17-14-7-8-14)12-19(5)13-16(18(3)4)9-6-10-16/h14,17H,6-13H2,1-5H3. The maximum Gasteiger partial charge on any atom is 0.0330 e. The maximum absolute atomic E-state index is 3.68. The molecule has 0 heterocycles. The summed E-state index contributed by atoms with van der Waals surface area (Å²) in [6.07, 6.45) is 6.90. The van der Waals surface area contributed by atoms with E-state index < -0.39 is 0 Å². The first-order chi connectivity index (χ1) is 8.83. The van der Waals surface area contributed by atoms with Crippen molar-refractivity contribution < 1.29 is 0 Å². The molecule has 3 nitrogen and oxygen atoms in total. The Morgan fingerprint density at radius 1 is 1.16 bits per heavy atom. The van der Waals surface area contributed by atoms with Gasteiger partial charge < -0.3 is 15.1 Å². The van der Waals surface area contributed by atoms with Crippen molar-refractivity contribution in [2.24, 2.45) is 5.41 Å². The summed E-state index contributed by atoms with van der Waals surface area (Å²) in [6.45, 7) is 8.33. The molecule has 2 fully saturated rings. The third-order valence-electron chi connectivity index (χ3n) is 4.94. The fraction of sp³-hybridized carbons (Fsp3) is 1.00. The van der Waals surface area contributed by atoms with Crippen LogP contribution in [0.3, 0.4) is 0 Å². The number of hydrogen-bond acceptors (Lipinski definition) is 3. The first-order valence-corrected chi connectivity index (χ1v) is 7.92. The molecule has 19 heavy (non-hydrogen) atoms. The van der Waals surface area contributed by atoms with Gasteiger partial charge in [-0.2, -0.15) is 0 Å². The van der Waals surface area contributed by atoms with Crippen molar-refractivity contribution in [1.82, 2.24) is 15.1 Å². The zero-order valence-corrected chi connectivity index (χ0v) is 13.6. The lowest BCUT2D eigenvalue weighted by Crippen LogP contribution is -2.57. The number of nitrogens with one attached hydrogen (secondary N) is 1. The molecule has 0 spiro atoms. The van der Waals surface area contributed by atoms with Gasteiger partial charge >= 0.3 is 0 Å². The van der Waals surface area contributed by atoms with E-state index in [1.807, 2.05) is 0 Å². The van der Waals surface area contributed by atoms with Crippen molar-refractivity contribution >= 4 is 0 Å². The lowest BCUT2D eigenvalue weighted by molar-refractivity contribution is 0.0188. The summed E-state index contributed by atoms with van der Waals surface area (Å²) in [5, 5.41) is 3.68. The van der Waals surface area contributed by atoms with E-state index in [1.54, 1.807) is 0 Å². The minimum absolute atomic E-state index is 0.370. The number of rotatable bonds is 8. The molecule has 2 saturated carbocycles. The van der Waals surface area contributed by atoms with Crippen LogP contribution in [0.15, 0.2) is 0 Å². The van der Waals surface area contributed by atoms with E-state index in [2.05, 4.69) is 50.1 Å². The van der Waals surface area contributed by atoms with Crippen molar-refractivity contribution in [3.05, 3.63) is 0 Å². The summed E-state index contributed by atoms with van der Waals surface area (Å²) in [7, 11) is 6.78. The van der Waals surface area contributed by atoms with Gasteiger partial charge in [0.2, 0.25) is 0 Å². The van der Waals surface area contributed by atoms with Crippen LogP contribution in [0.5, 0.6) is 0 Å². The Hall–Kier alpha value is -0.120. The molecule has 0 amide bonds. The average molecular weight is 267 g/mol. The summed E-state index contributed by atoms with van der Waals surface area (Å²) in [4.78, 5) is 5.00. The van der Waals surface area contributed by atoms with Crippen LogP contribution in [-0.2, 0) is 0 Å². The summed E-state index contributed by atoms with van der Waals surface area (Å²) < 4.78 is 0. The van der Waals surface area contributed by atoms with E-state index in [1.165, 1.54) is 45.2 Å². The SMILES string of the molecule is CN(CC(C)(C)CNC1CC1)CC1(N(C)C)CCC1. The minimum atomic E-state index is 0.370. The molecule has 0 aromatic heterocycles. The highest BCUT2D eigenvalue weighted by atomic mass is 15.2. The van der Waals surface area contributed by atoms with Gasteiger partial charge in [-0.3, -0.25) is 0 Å². The van der Waals surface area contributed by atoms with Crippen LogP contribution in [0.25, 0.3) is 0 Å². The molecule has 2 aliphatic carbocycles. The second-order valence-corrected chi connectivity index (χ2v) is 7.96. The van der Waals surface area contributed by atoms with Gasteiger partial charge in [-0.15, -0.1) is 0 Å². The van der Waals surface area contributed by atoms with Gasteiger partial charge in [0, 0.05) is 31.2 Å². The van der Waals surface area contributed by atoms with Crippen LogP contribution in [0.1, 0.15) is 46.0 Å². The Labute approximate surface area is 119 Å². The van der Waals surface area contributed by atoms with E-state index in [0.717, 1.165) is 12.6 Å². The molecule has 0 atom stereocenters. The molecule has 112 valence electrons. The van der Waals surface area contributed by atoms with Crippen molar-refractivity contribution in [3.8, 4) is 0 Å². The molecule has 0 saturated heterocycles. The maximum atomic E-state index is 3.68. The quantitative estimate of drug-likeness (QED) is 0.727. The Balaban J connectivity index is 1.77. The van der Waals surface area contributed by atoms with E-state index in [0.29, 0.717) is 11.0 Å². The van der Waals surface area contributed by atoms with Crippen LogP contribution >= 0.6 is 0 Å². The second-order valence-electron chi connectivity index (χ2n) is 7.96. The van der Waals surface area contributed by atoms with E-state index in [-0.39, 0.29) is 0 Å². The van der Waals surface area contributed by atoms with Crippen LogP contribution in [-0.4, -0.2) is 62.2 Å². The molecule has 0 aliphatic heterocycles. The summed E-state index contributed by atoms with van der Waals surface area (Å²) in [5.74, 6) is 0. The molecule has 2 rings (SSSR count). The summed E-state index contributed by atoms with van der Waals surface area (Å²) in [6, 6.07) is 0.823. The monoisotopic (exact) mass is 267 g/mol. The fourth-order valence-corrected chi connectivity index (χ4v) is 3.38. The van der Waals surface area contributed by atoms with Gasteiger partial charge in [-0.1, -0.05) is 13.8 Å². The van der Waals surface area contributed by atoms with Gasteiger partial charge in [0.25, 0.3) is 0 Å². The Morgan fingerprint density at radius 3 is 2.21 bits per heavy atom. The molecule has 0 aromatic carbocycles. The summed E-state index contributed by atoms with van der Waals surface area (Å²) in [5.41, 5.74) is 0.823. The zero-order chi connectivity index (χ0) is 14.1. The van der Waals surface area contributed by atoms with Crippen LogP contribution in [0.4, 0.5) is 0 Å². The van der Waals surface area contributed by atoms with Gasteiger partial charge in [-0.25, -0.2) is 0 Å². The largest absolute Gasteiger partial charge is 0.313 e. The molecule has 0 radical (unpaired) electrons. The first-order valence-electron chi connectivity index (χ1n) is 7.92. The lowest BCUT2D eigenvalue weighted by Gasteiger charge is -2.50. The van der Waals surface area contributed by atoms with Crippen LogP contribution < -0.4 is 5.32 Å². The average Bonchev–Trinajstić information content (AvgIpc) is 3.03. The molecule has 1 N–H and O–H groups in total. The zero-order valence-electron chi connectivity index (χ0n) is 13.6. The Kier molecular flexibility index (Phi) is 4.59. The molecular weight excluding hydrogens is 234 g/mol. The third kappa shape index (κ3) is 4.17. The molecule has 0 bridgehead atoms. The highest BCUT2D eigenvalue weighted by Crippen LogP contribution is 2.37. The Morgan fingerprint density at radius 2 is 1.79 bits per heavy atom. The predicted molar refractivity (Wildman–Crippen MR) is 82.6 cm³/mol. The van der Waals surface area contributed by atoms with Gasteiger partial charge in [0.15, 0.2) is 0 Å². The first kappa shape index (κ1) is 15.3. The van der Waals surface area contributed by atoms with E-state index >= 15 is 0 Å². The van der Waals surface area contributed by atoms with Gasteiger partial charge in [0.1, 0.15) is 0 Å². The highest BCUT2D eigenvalue weighted by Gasteiger charge is 2.40. The third-order valence-corrected chi connectivity index (χ3v) is 4.94. The van der Waals surface area contributed by atoms with E-state index in [4.69, 9.17) is 0 Å². The molecule has 2 aliphatic rings. The molecule has 3 heteroatoms. The highest BCUT2D eigenvalue weighted by molar-refractivity contribution is 4.98. The molecular formula is C16H33N3. The van der Waals surface area contributed by atoms with Crippen molar-refractivity contribution in [2.75, 3.05) is 40.8 Å². The number of hydrogen-bond donors (Lipinski definition) is 1. The van der Waals surface area contributed by atoms with Crippen molar-refractivity contribution in [2.45, 2.75) is 57.5 Å². The minimum Gasteiger partial charge on any atom is -0.313 e. The topological polar surface area (TPSA) is 18.5 Å². The van der Waals surface area contributed by atoms with Crippen LogP contribution in [0, 0.1) is 5.41 Å². The van der Waals surface area contributed by atoms with Gasteiger partial charge in [0.05, 0.1) is 0 Å².